The highest BCUT2D eigenvalue weighted by molar-refractivity contribution is 6.19. The number of rotatable bonds is 9. The Kier molecular flexibility index (Phi) is 10.9. The summed E-state index contributed by atoms with van der Waals surface area (Å²) in [6.45, 7) is 4.00. The second-order valence-electron chi connectivity index (χ2n) is 11.5. The molecule has 1 amide bonds. The van der Waals surface area contributed by atoms with Crippen LogP contribution in [-0.4, -0.2) is 61.0 Å². The molecular formula is C37H39FN4O4. The van der Waals surface area contributed by atoms with Gasteiger partial charge in [-0.1, -0.05) is 79.7 Å². The maximum atomic E-state index is 14.1. The largest absolute Gasteiger partial charge is 0.313 e. The molecule has 1 aliphatic heterocycles. The van der Waals surface area contributed by atoms with Gasteiger partial charge in [0.15, 0.2) is 0 Å². The van der Waals surface area contributed by atoms with E-state index in [1.807, 2.05) is 43.3 Å². The van der Waals surface area contributed by atoms with Gasteiger partial charge in [0.1, 0.15) is 18.1 Å². The second kappa shape index (κ2) is 14.8. The number of amides is 1. The summed E-state index contributed by atoms with van der Waals surface area (Å²) < 4.78 is 14.1. The van der Waals surface area contributed by atoms with Crippen molar-refractivity contribution in [3.63, 3.8) is 0 Å². The molecule has 0 spiro atoms. The number of anilines is 1. The van der Waals surface area contributed by atoms with E-state index in [2.05, 4.69) is 55.2 Å². The van der Waals surface area contributed by atoms with Crippen molar-refractivity contribution in [1.29, 1.82) is 0 Å². The van der Waals surface area contributed by atoms with Crippen molar-refractivity contribution in [3.8, 4) is 0 Å². The molecule has 0 N–H and O–H groups in total. The van der Waals surface area contributed by atoms with Gasteiger partial charge in [-0.2, -0.15) is 0 Å². The maximum Gasteiger partial charge on any atom is 0.270 e. The first kappa shape index (κ1) is 33.9. The molecule has 1 heterocycles. The monoisotopic (exact) mass is 622 g/mol. The molecule has 4 aromatic carbocycles. The van der Waals surface area contributed by atoms with Gasteiger partial charge in [-0.3, -0.25) is 24.7 Å². The van der Waals surface area contributed by atoms with Crippen molar-refractivity contribution >= 4 is 28.8 Å². The predicted molar refractivity (Wildman–Crippen MR) is 180 cm³/mol. The quantitative estimate of drug-likeness (QED) is 0.150. The van der Waals surface area contributed by atoms with Gasteiger partial charge in [-0.15, -0.1) is 0 Å². The lowest BCUT2D eigenvalue weighted by Crippen LogP contribution is -2.42. The molecule has 9 heteroatoms. The topological polar surface area (TPSA) is 96.1 Å². The minimum atomic E-state index is -0.582. The highest BCUT2D eigenvalue weighted by Gasteiger charge is 2.41. The number of non-ortho nitro benzene ring substituents is 1. The molecule has 238 valence electrons. The number of aliphatic imine (C=N–C) groups is 1. The average molecular weight is 623 g/mol. The van der Waals surface area contributed by atoms with E-state index in [0.717, 1.165) is 17.5 Å². The van der Waals surface area contributed by atoms with E-state index in [0.29, 0.717) is 23.7 Å². The number of benzodiazepines with no additional fused rings is 1. The van der Waals surface area contributed by atoms with Crippen molar-refractivity contribution in [1.82, 2.24) is 4.90 Å². The van der Waals surface area contributed by atoms with Crippen LogP contribution in [0.1, 0.15) is 48.9 Å². The van der Waals surface area contributed by atoms with Crippen molar-refractivity contribution in [2.24, 2.45) is 4.99 Å². The Morgan fingerprint density at radius 1 is 0.957 bits per heavy atom. The number of Topliss-reactive ketones (excluding diaryl/α,β-unsaturated/α-hetero) is 1. The summed E-state index contributed by atoms with van der Waals surface area (Å²) >= 11 is 0. The molecule has 1 aliphatic rings. The van der Waals surface area contributed by atoms with Crippen LogP contribution in [0.3, 0.4) is 0 Å². The summed E-state index contributed by atoms with van der Waals surface area (Å²) in [4.78, 5) is 43.5. The Hall–Kier alpha value is -5.02. The summed E-state index contributed by atoms with van der Waals surface area (Å²) in [5.41, 5.74) is 2.71. The first-order valence-electron chi connectivity index (χ1n) is 15.2. The highest BCUT2D eigenvalue weighted by Crippen LogP contribution is 2.39. The Balaban J connectivity index is 0.000000209. The molecule has 46 heavy (non-hydrogen) atoms. The number of nitro groups is 1. The van der Waals surface area contributed by atoms with Gasteiger partial charge in [0.2, 0.25) is 5.91 Å². The zero-order valence-electron chi connectivity index (χ0n) is 26.8. The lowest BCUT2D eigenvalue weighted by Gasteiger charge is -2.37. The number of carbonyl (C=O) groups is 2. The van der Waals surface area contributed by atoms with Crippen molar-refractivity contribution in [2.45, 2.75) is 38.1 Å². The summed E-state index contributed by atoms with van der Waals surface area (Å²) in [6.07, 6.45) is 1.31. The van der Waals surface area contributed by atoms with E-state index in [1.165, 1.54) is 35.2 Å². The lowest BCUT2D eigenvalue weighted by molar-refractivity contribution is -0.384. The first-order valence-corrected chi connectivity index (χ1v) is 15.2. The van der Waals surface area contributed by atoms with E-state index < -0.39 is 16.2 Å². The van der Waals surface area contributed by atoms with Crippen LogP contribution in [0, 0.1) is 15.9 Å². The van der Waals surface area contributed by atoms with Crippen molar-refractivity contribution in [3.05, 3.63) is 141 Å². The Morgan fingerprint density at radius 3 is 2.04 bits per heavy atom. The molecule has 0 aromatic heterocycles. The number of likely N-dealkylation sites (N-methyl/N-ethyl adjacent to an activating group) is 1. The molecule has 0 radical (unpaired) electrons. The number of hydrogen-bond donors (Lipinski definition) is 0. The number of halogens is 1. The van der Waals surface area contributed by atoms with E-state index in [4.69, 9.17) is 0 Å². The molecule has 0 aliphatic carbocycles. The van der Waals surface area contributed by atoms with E-state index >= 15 is 0 Å². The number of hydrogen-bond acceptors (Lipinski definition) is 6. The predicted octanol–water partition coefficient (Wildman–Crippen LogP) is 6.84. The molecule has 5 rings (SSSR count). The summed E-state index contributed by atoms with van der Waals surface area (Å²) in [6, 6.07) is 30.9. The van der Waals surface area contributed by atoms with Crippen LogP contribution in [-0.2, 0) is 15.0 Å². The van der Waals surface area contributed by atoms with Crippen molar-refractivity contribution in [2.75, 3.05) is 32.6 Å². The molecular weight excluding hydrogens is 583 g/mol. The van der Waals surface area contributed by atoms with Gasteiger partial charge in [0, 0.05) is 42.8 Å². The minimum absolute atomic E-state index is 0.143. The number of nitro benzene ring substituents is 1. The molecule has 0 bridgehead atoms. The first-order chi connectivity index (χ1) is 22.0. The number of ketones is 1. The van der Waals surface area contributed by atoms with E-state index in [-0.39, 0.29) is 35.2 Å². The standard InChI is InChI=1S/C21H27NO.C16H12FN3O3/c1-5-20(23)21(16-17(2)22(3)4,18-12-8-6-9-13-18)19-14-10-7-11-15-19;1-19-14-7-6-10(20(22)23)8-12(14)16(18-9-15(19)21)11-4-2-3-5-13(11)17/h6-15,17H,5,16H2,1-4H3;2-8H,9H2,1H3. The van der Waals surface area contributed by atoms with E-state index in [1.54, 1.807) is 19.2 Å². The molecule has 4 aromatic rings. The van der Waals surface area contributed by atoms with Crippen LogP contribution in [0.5, 0.6) is 0 Å². The van der Waals surface area contributed by atoms with Gasteiger partial charge in [0.25, 0.3) is 5.69 Å². The third kappa shape index (κ3) is 7.10. The lowest BCUT2D eigenvalue weighted by atomic mass is 9.67. The fourth-order valence-corrected chi connectivity index (χ4v) is 5.69. The van der Waals surface area contributed by atoms with Gasteiger partial charge in [0.05, 0.1) is 21.7 Å². The second-order valence-corrected chi connectivity index (χ2v) is 11.5. The van der Waals surface area contributed by atoms with Crippen LogP contribution >= 0.6 is 0 Å². The molecule has 0 saturated carbocycles. The average Bonchev–Trinajstić information content (AvgIpc) is 3.19. The molecule has 0 fully saturated rings. The summed E-state index contributed by atoms with van der Waals surface area (Å²) in [5, 5.41) is 11.0. The van der Waals surface area contributed by atoms with Gasteiger partial charge in [-0.05, 0) is 56.8 Å². The number of nitrogens with zero attached hydrogens (tertiary/aromatic N) is 4. The zero-order valence-corrected chi connectivity index (χ0v) is 26.8. The smallest absolute Gasteiger partial charge is 0.270 e. The number of carbonyl (C=O) groups excluding carboxylic acids is 2. The van der Waals surface area contributed by atoms with Crippen LogP contribution < -0.4 is 4.90 Å². The summed E-state index contributed by atoms with van der Waals surface area (Å²) in [7, 11) is 5.70. The third-order valence-corrected chi connectivity index (χ3v) is 8.50. The number of fused-ring (bicyclic) bond motifs is 1. The number of benzene rings is 4. The fraction of sp³-hybridized carbons (Fsp3) is 0.270. The Labute approximate surface area is 269 Å². The Bertz CT molecular complexity index is 1680. The molecule has 1 unspecified atom stereocenters. The maximum absolute atomic E-state index is 14.1. The molecule has 0 saturated heterocycles. The van der Waals surface area contributed by atoms with E-state index in [9.17, 15) is 24.1 Å². The van der Waals surface area contributed by atoms with Gasteiger partial charge < -0.3 is 9.80 Å². The van der Waals surface area contributed by atoms with Gasteiger partial charge >= 0.3 is 0 Å². The van der Waals surface area contributed by atoms with Crippen molar-refractivity contribution < 1.29 is 18.9 Å². The van der Waals surface area contributed by atoms with Crippen LogP contribution in [0.25, 0.3) is 0 Å². The van der Waals surface area contributed by atoms with Gasteiger partial charge in [-0.25, -0.2) is 4.39 Å². The highest BCUT2D eigenvalue weighted by atomic mass is 19.1. The van der Waals surface area contributed by atoms with Crippen LogP contribution in [0.15, 0.2) is 108 Å². The molecule has 8 nitrogen and oxygen atoms in total. The third-order valence-electron chi connectivity index (χ3n) is 8.50. The normalized spacial score (nSPS) is 13.6. The van der Waals surface area contributed by atoms with Crippen LogP contribution in [0.4, 0.5) is 15.8 Å². The van der Waals surface area contributed by atoms with Crippen LogP contribution in [0.2, 0.25) is 0 Å². The Morgan fingerprint density at radius 2 is 1.52 bits per heavy atom. The molecule has 1 atom stereocenters. The minimum Gasteiger partial charge on any atom is -0.313 e. The fourth-order valence-electron chi connectivity index (χ4n) is 5.69. The summed E-state index contributed by atoms with van der Waals surface area (Å²) in [5.74, 6) is -0.490. The zero-order chi connectivity index (χ0) is 33.4. The SMILES string of the molecule is CCC(=O)C(CC(C)N(C)C)(c1ccccc1)c1ccccc1.CN1C(=O)CN=C(c2ccccc2F)c2cc([N+](=O)[O-])ccc21.